The van der Waals surface area contributed by atoms with Crippen LogP contribution in [0.2, 0.25) is 0 Å². The molecule has 2 aromatic rings. The van der Waals surface area contributed by atoms with Gasteiger partial charge in [-0.2, -0.15) is 5.10 Å². The van der Waals surface area contributed by atoms with Crippen LogP contribution in [0, 0.1) is 6.92 Å². The summed E-state index contributed by atoms with van der Waals surface area (Å²) in [6.45, 7) is 2.56. The Balaban J connectivity index is 2.06. The third kappa shape index (κ3) is 4.96. The van der Waals surface area contributed by atoms with Crippen molar-refractivity contribution in [2.24, 2.45) is 5.10 Å². The van der Waals surface area contributed by atoms with Crippen LogP contribution >= 0.6 is 12.2 Å². The van der Waals surface area contributed by atoms with Gasteiger partial charge >= 0.3 is 0 Å². The molecule has 0 saturated carbocycles. The molecule has 0 amide bonds. The molecular formula is C18H21N3O2S. The van der Waals surface area contributed by atoms with Crippen LogP contribution < -0.4 is 20.2 Å². The summed E-state index contributed by atoms with van der Waals surface area (Å²) >= 11 is 4.95. The normalized spacial score (nSPS) is 10.5. The molecule has 5 nitrogen and oxygen atoms in total. The second kappa shape index (κ2) is 8.88. The first kappa shape index (κ1) is 17.7. The maximum Gasteiger partial charge on any atom is 0.186 e. The minimum absolute atomic E-state index is 0.455. The van der Waals surface area contributed by atoms with Crippen LogP contribution in [-0.4, -0.2) is 25.5 Å². The van der Waals surface area contributed by atoms with Crippen LogP contribution in [-0.2, 0) is 6.61 Å². The number of hydrogen-bond donors (Lipinski definition) is 2. The van der Waals surface area contributed by atoms with E-state index < -0.39 is 0 Å². The highest BCUT2D eigenvalue weighted by Crippen LogP contribution is 2.28. The summed E-state index contributed by atoms with van der Waals surface area (Å²) in [5.41, 5.74) is 5.93. The molecule has 0 heterocycles. The molecule has 0 aromatic heterocycles. The molecule has 0 bridgehead atoms. The lowest BCUT2D eigenvalue weighted by Gasteiger charge is -2.12. The van der Waals surface area contributed by atoms with Gasteiger partial charge in [0.15, 0.2) is 16.6 Å². The predicted molar refractivity (Wildman–Crippen MR) is 101 cm³/mol. The Hall–Kier alpha value is -2.60. The number of aryl methyl sites for hydroxylation is 1. The van der Waals surface area contributed by atoms with Crippen molar-refractivity contribution in [1.29, 1.82) is 0 Å². The van der Waals surface area contributed by atoms with E-state index in [1.54, 1.807) is 20.4 Å². The topological polar surface area (TPSA) is 54.9 Å². The van der Waals surface area contributed by atoms with E-state index in [0.717, 1.165) is 11.1 Å². The molecular weight excluding hydrogens is 322 g/mol. The first-order valence-corrected chi connectivity index (χ1v) is 7.91. The first-order chi connectivity index (χ1) is 11.6. The molecule has 0 radical (unpaired) electrons. The molecule has 0 saturated heterocycles. The fraction of sp³-hybridized carbons (Fsp3) is 0.222. The van der Waals surface area contributed by atoms with E-state index in [4.69, 9.17) is 21.7 Å². The SMILES string of the molecule is CNC(=S)N/N=C/c1ccc(OCc2ccccc2C)c(OC)c1. The number of rotatable bonds is 6. The lowest BCUT2D eigenvalue weighted by atomic mass is 10.1. The molecule has 0 aliphatic carbocycles. The van der Waals surface area contributed by atoms with Gasteiger partial charge in [-0.25, -0.2) is 0 Å². The molecule has 0 fully saturated rings. The van der Waals surface area contributed by atoms with Crippen LogP contribution in [0.3, 0.4) is 0 Å². The van der Waals surface area contributed by atoms with E-state index in [9.17, 15) is 0 Å². The third-order valence-corrected chi connectivity index (χ3v) is 3.73. The average Bonchev–Trinajstić information content (AvgIpc) is 2.61. The molecule has 0 atom stereocenters. The Bertz CT molecular complexity index is 732. The smallest absolute Gasteiger partial charge is 0.186 e. The van der Waals surface area contributed by atoms with Gasteiger partial charge in [0.25, 0.3) is 0 Å². The van der Waals surface area contributed by atoms with Gasteiger partial charge < -0.3 is 14.8 Å². The van der Waals surface area contributed by atoms with Crippen LogP contribution in [0.5, 0.6) is 11.5 Å². The third-order valence-electron chi connectivity index (χ3n) is 3.44. The predicted octanol–water partition coefficient (Wildman–Crippen LogP) is 3.01. The van der Waals surface area contributed by atoms with E-state index in [2.05, 4.69) is 34.9 Å². The number of nitrogens with one attached hydrogen (secondary N) is 2. The van der Waals surface area contributed by atoms with Crippen molar-refractivity contribution >= 4 is 23.5 Å². The van der Waals surface area contributed by atoms with Gasteiger partial charge in [0.2, 0.25) is 0 Å². The second-order valence-corrected chi connectivity index (χ2v) is 5.48. The van der Waals surface area contributed by atoms with Crippen molar-refractivity contribution in [3.63, 3.8) is 0 Å². The average molecular weight is 343 g/mol. The number of nitrogens with zero attached hydrogens (tertiary/aromatic N) is 1. The fourth-order valence-corrected chi connectivity index (χ4v) is 2.09. The van der Waals surface area contributed by atoms with Crippen molar-refractivity contribution in [2.75, 3.05) is 14.2 Å². The van der Waals surface area contributed by atoms with Gasteiger partial charge in [0.1, 0.15) is 6.61 Å². The van der Waals surface area contributed by atoms with Crippen LogP contribution in [0.15, 0.2) is 47.6 Å². The Kier molecular flexibility index (Phi) is 6.57. The number of ether oxygens (including phenoxy) is 2. The molecule has 0 aliphatic rings. The van der Waals surface area contributed by atoms with Crippen LogP contribution in [0.4, 0.5) is 0 Å². The number of hydrogen-bond acceptors (Lipinski definition) is 4. The first-order valence-electron chi connectivity index (χ1n) is 7.50. The minimum atomic E-state index is 0.455. The van der Waals surface area contributed by atoms with Gasteiger partial charge in [-0.1, -0.05) is 24.3 Å². The highest BCUT2D eigenvalue weighted by atomic mass is 32.1. The summed E-state index contributed by atoms with van der Waals surface area (Å²) in [7, 11) is 3.35. The summed E-state index contributed by atoms with van der Waals surface area (Å²) in [5.74, 6) is 1.35. The Morgan fingerprint density at radius 2 is 2.00 bits per heavy atom. The van der Waals surface area contributed by atoms with Gasteiger partial charge in [0, 0.05) is 7.05 Å². The molecule has 2 N–H and O–H groups in total. The van der Waals surface area contributed by atoms with Gasteiger partial charge in [0.05, 0.1) is 13.3 Å². The molecule has 2 aromatic carbocycles. The summed E-state index contributed by atoms with van der Waals surface area (Å²) in [6, 6.07) is 13.8. The zero-order valence-electron chi connectivity index (χ0n) is 14.0. The Morgan fingerprint density at radius 3 is 2.71 bits per heavy atom. The zero-order chi connectivity index (χ0) is 17.4. The van der Waals surface area contributed by atoms with Crippen LogP contribution in [0.25, 0.3) is 0 Å². The number of methoxy groups -OCH3 is 1. The van der Waals surface area contributed by atoms with E-state index in [1.807, 2.05) is 30.3 Å². The van der Waals surface area contributed by atoms with Crippen molar-refractivity contribution in [3.05, 3.63) is 59.2 Å². The summed E-state index contributed by atoms with van der Waals surface area (Å²) < 4.78 is 11.3. The molecule has 0 unspecified atom stereocenters. The number of benzene rings is 2. The zero-order valence-corrected chi connectivity index (χ0v) is 14.8. The van der Waals surface area contributed by atoms with Crippen molar-refractivity contribution in [3.8, 4) is 11.5 Å². The molecule has 126 valence electrons. The van der Waals surface area contributed by atoms with E-state index in [1.165, 1.54) is 5.56 Å². The van der Waals surface area contributed by atoms with Crippen LogP contribution in [0.1, 0.15) is 16.7 Å². The lowest BCUT2D eigenvalue weighted by molar-refractivity contribution is 0.284. The van der Waals surface area contributed by atoms with Crippen molar-refractivity contribution in [2.45, 2.75) is 13.5 Å². The van der Waals surface area contributed by atoms with Crippen molar-refractivity contribution in [1.82, 2.24) is 10.7 Å². The highest BCUT2D eigenvalue weighted by Gasteiger charge is 2.06. The molecule has 6 heteroatoms. The highest BCUT2D eigenvalue weighted by molar-refractivity contribution is 7.80. The lowest BCUT2D eigenvalue weighted by Crippen LogP contribution is -2.28. The molecule has 2 rings (SSSR count). The maximum atomic E-state index is 5.89. The molecule has 0 aliphatic heterocycles. The van der Waals surface area contributed by atoms with E-state index >= 15 is 0 Å². The quantitative estimate of drug-likeness (QED) is 0.480. The van der Waals surface area contributed by atoms with E-state index in [-0.39, 0.29) is 0 Å². The maximum absolute atomic E-state index is 5.89. The van der Waals surface area contributed by atoms with E-state index in [0.29, 0.717) is 23.2 Å². The largest absolute Gasteiger partial charge is 0.493 e. The second-order valence-electron chi connectivity index (χ2n) is 5.07. The summed E-state index contributed by atoms with van der Waals surface area (Å²) in [6.07, 6.45) is 1.66. The molecule has 24 heavy (non-hydrogen) atoms. The van der Waals surface area contributed by atoms with Gasteiger partial charge in [-0.3, -0.25) is 5.43 Å². The Morgan fingerprint density at radius 1 is 1.21 bits per heavy atom. The van der Waals surface area contributed by atoms with Gasteiger partial charge in [-0.05, 0) is 54.0 Å². The fourth-order valence-electron chi connectivity index (χ4n) is 2.03. The number of hydrazone groups is 1. The monoisotopic (exact) mass is 343 g/mol. The standard InChI is InChI=1S/C18H21N3O2S/c1-13-6-4-5-7-15(13)12-23-16-9-8-14(10-17(16)22-3)11-20-21-18(24)19-2/h4-11H,12H2,1-3H3,(H2,19,21,24)/b20-11+. The molecule has 0 spiro atoms. The summed E-state index contributed by atoms with van der Waals surface area (Å²) in [5, 5.41) is 7.28. The Labute approximate surface area is 147 Å². The van der Waals surface area contributed by atoms with Crippen molar-refractivity contribution < 1.29 is 9.47 Å². The van der Waals surface area contributed by atoms with Gasteiger partial charge in [-0.15, -0.1) is 0 Å². The minimum Gasteiger partial charge on any atom is -0.493 e. The summed E-state index contributed by atoms with van der Waals surface area (Å²) in [4.78, 5) is 0. The number of thiocarbonyl (C=S) groups is 1.